The van der Waals surface area contributed by atoms with Gasteiger partial charge in [-0.25, -0.2) is 0 Å². The lowest BCUT2D eigenvalue weighted by molar-refractivity contribution is -0.127. The minimum Gasteiger partial charge on any atom is -0.388 e. The second-order valence-electron chi connectivity index (χ2n) is 6.07. The van der Waals surface area contributed by atoms with E-state index in [4.69, 9.17) is 5.73 Å². The van der Waals surface area contributed by atoms with E-state index in [0.29, 0.717) is 19.0 Å². The molecule has 2 aliphatic carbocycles. The molecule has 0 aromatic heterocycles. The topological polar surface area (TPSA) is 75.3 Å². The van der Waals surface area contributed by atoms with Crippen molar-refractivity contribution in [3.05, 3.63) is 0 Å². The highest BCUT2D eigenvalue weighted by Gasteiger charge is 2.48. The van der Waals surface area contributed by atoms with Gasteiger partial charge in [0.05, 0.1) is 11.0 Å². The van der Waals surface area contributed by atoms with Crippen LogP contribution in [0.4, 0.5) is 0 Å². The molecule has 4 nitrogen and oxygen atoms in total. The third-order valence-corrected chi connectivity index (χ3v) is 4.51. The van der Waals surface area contributed by atoms with Gasteiger partial charge in [0.15, 0.2) is 0 Å². The Morgan fingerprint density at radius 1 is 1.35 bits per heavy atom. The lowest BCUT2D eigenvalue weighted by Crippen LogP contribution is -2.48. The Balaban J connectivity index is 1.80. The van der Waals surface area contributed by atoms with Crippen molar-refractivity contribution in [2.24, 2.45) is 17.1 Å². The summed E-state index contributed by atoms with van der Waals surface area (Å²) in [6.45, 7) is 3.03. The first-order chi connectivity index (χ1) is 8.00. The number of carbonyl (C=O) groups excluding carboxylic acids is 1. The molecule has 98 valence electrons. The number of aliphatic hydroxyl groups is 1. The summed E-state index contributed by atoms with van der Waals surface area (Å²) in [5.41, 5.74) is 4.61. The summed E-state index contributed by atoms with van der Waals surface area (Å²) in [6.07, 6.45) is 5.48. The lowest BCUT2D eigenvalue weighted by atomic mass is 9.79. The number of rotatable bonds is 4. The number of nitrogens with two attached hydrogens (primary N) is 1. The molecule has 0 unspecified atom stereocenters. The van der Waals surface area contributed by atoms with Crippen LogP contribution in [0.25, 0.3) is 0 Å². The number of hydrogen-bond acceptors (Lipinski definition) is 3. The zero-order valence-electron chi connectivity index (χ0n) is 10.7. The van der Waals surface area contributed by atoms with Crippen LogP contribution in [0.3, 0.4) is 0 Å². The van der Waals surface area contributed by atoms with Crippen LogP contribution in [-0.2, 0) is 4.79 Å². The second-order valence-corrected chi connectivity index (χ2v) is 6.07. The maximum Gasteiger partial charge on any atom is 0.227 e. The Bertz CT molecular complexity index is 292. The number of carbonyl (C=O) groups is 1. The van der Waals surface area contributed by atoms with Gasteiger partial charge in [-0.3, -0.25) is 4.79 Å². The van der Waals surface area contributed by atoms with E-state index in [-0.39, 0.29) is 11.3 Å². The molecule has 0 saturated heterocycles. The summed E-state index contributed by atoms with van der Waals surface area (Å²) in [5.74, 6) is 0.733. The minimum absolute atomic E-state index is 0.0343. The van der Waals surface area contributed by atoms with Crippen LogP contribution in [-0.4, -0.2) is 29.7 Å². The van der Waals surface area contributed by atoms with Gasteiger partial charge >= 0.3 is 0 Å². The van der Waals surface area contributed by atoms with Crippen molar-refractivity contribution in [2.45, 2.75) is 51.0 Å². The van der Waals surface area contributed by atoms with E-state index in [1.165, 1.54) is 0 Å². The standard InChI is InChI=1S/C13H24N2O2/c1-10-2-4-13(17,5-3-10)9-15-11(16)12(8-14)6-7-12/h10,17H,2-9,14H2,1H3,(H,15,16). The number of hydrogen-bond donors (Lipinski definition) is 3. The van der Waals surface area contributed by atoms with Crippen LogP contribution >= 0.6 is 0 Å². The van der Waals surface area contributed by atoms with Crippen molar-refractivity contribution in [3.63, 3.8) is 0 Å². The summed E-state index contributed by atoms with van der Waals surface area (Å²) in [7, 11) is 0. The van der Waals surface area contributed by atoms with Crippen LogP contribution in [0.5, 0.6) is 0 Å². The fourth-order valence-electron chi connectivity index (χ4n) is 2.58. The maximum absolute atomic E-state index is 11.9. The van der Waals surface area contributed by atoms with Crippen LogP contribution in [0, 0.1) is 11.3 Å². The Kier molecular flexibility index (Phi) is 3.46. The highest BCUT2D eigenvalue weighted by molar-refractivity contribution is 5.85. The molecular weight excluding hydrogens is 216 g/mol. The molecule has 4 N–H and O–H groups in total. The summed E-state index contributed by atoms with van der Waals surface area (Å²) in [6, 6.07) is 0. The molecule has 2 aliphatic rings. The summed E-state index contributed by atoms with van der Waals surface area (Å²) in [4.78, 5) is 11.9. The van der Waals surface area contributed by atoms with E-state index < -0.39 is 5.60 Å². The first-order valence-electron chi connectivity index (χ1n) is 6.70. The highest BCUT2D eigenvalue weighted by Crippen LogP contribution is 2.44. The van der Waals surface area contributed by atoms with Crippen molar-refractivity contribution >= 4 is 5.91 Å². The number of amides is 1. The van der Waals surface area contributed by atoms with E-state index in [2.05, 4.69) is 12.2 Å². The van der Waals surface area contributed by atoms with Crippen LogP contribution in [0.15, 0.2) is 0 Å². The maximum atomic E-state index is 11.9. The second kappa shape index (κ2) is 4.58. The van der Waals surface area contributed by atoms with Crippen LogP contribution < -0.4 is 11.1 Å². The van der Waals surface area contributed by atoms with Crippen molar-refractivity contribution in [3.8, 4) is 0 Å². The van der Waals surface area contributed by atoms with Crippen molar-refractivity contribution in [2.75, 3.05) is 13.1 Å². The fraction of sp³-hybridized carbons (Fsp3) is 0.923. The zero-order valence-corrected chi connectivity index (χ0v) is 10.7. The fourth-order valence-corrected chi connectivity index (χ4v) is 2.58. The third kappa shape index (κ3) is 2.80. The summed E-state index contributed by atoms with van der Waals surface area (Å²) < 4.78 is 0. The van der Waals surface area contributed by atoms with Gasteiger partial charge in [0, 0.05) is 13.1 Å². The van der Waals surface area contributed by atoms with E-state index in [0.717, 1.165) is 38.5 Å². The quantitative estimate of drug-likeness (QED) is 0.680. The van der Waals surface area contributed by atoms with Crippen molar-refractivity contribution in [1.29, 1.82) is 0 Å². The van der Waals surface area contributed by atoms with E-state index >= 15 is 0 Å². The van der Waals surface area contributed by atoms with Gasteiger partial charge < -0.3 is 16.2 Å². The Hall–Kier alpha value is -0.610. The Morgan fingerprint density at radius 3 is 2.41 bits per heavy atom. The highest BCUT2D eigenvalue weighted by atomic mass is 16.3. The van der Waals surface area contributed by atoms with Gasteiger partial charge in [-0.2, -0.15) is 0 Å². The average molecular weight is 240 g/mol. The molecule has 0 atom stereocenters. The molecule has 2 saturated carbocycles. The summed E-state index contributed by atoms with van der Waals surface area (Å²) >= 11 is 0. The normalized spacial score (nSPS) is 35.4. The minimum atomic E-state index is -0.688. The molecule has 0 aliphatic heterocycles. The molecule has 17 heavy (non-hydrogen) atoms. The smallest absolute Gasteiger partial charge is 0.227 e. The van der Waals surface area contributed by atoms with Gasteiger partial charge in [-0.15, -0.1) is 0 Å². The molecule has 0 radical (unpaired) electrons. The molecule has 0 aromatic rings. The van der Waals surface area contributed by atoms with Crippen LogP contribution in [0.1, 0.15) is 45.4 Å². The Morgan fingerprint density at radius 2 is 1.94 bits per heavy atom. The van der Waals surface area contributed by atoms with Gasteiger partial charge in [0.2, 0.25) is 5.91 Å². The third-order valence-electron chi connectivity index (χ3n) is 4.51. The SMILES string of the molecule is CC1CCC(O)(CNC(=O)C2(CN)CC2)CC1. The largest absolute Gasteiger partial charge is 0.388 e. The van der Waals surface area contributed by atoms with Gasteiger partial charge in [0.1, 0.15) is 0 Å². The van der Waals surface area contributed by atoms with Crippen molar-refractivity contribution in [1.82, 2.24) is 5.32 Å². The van der Waals surface area contributed by atoms with E-state index in [1.807, 2.05) is 0 Å². The Labute approximate surface area is 103 Å². The molecule has 2 rings (SSSR count). The van der Waals surface area contributed by atoms with E-state index in [9.17, 15) is 9.90 Å². The molecule has 0 aromatic carbocycles. The van der Waals surface area contributed by atoms with Gasteiger partial charge in [-0.1, -0.05) is 6.92 Å². The molecule has 1 amide bonds. The van der Waals surface area contributed by atoms with Crippen LogP contribution in [0.2, 0.25) is 0 Å². The van der Waals surface area contributed by atoms with E-state index in [1.54, 1.807) is 0 Å². The molecule has 4 heteroatoms. The monoisotopic (exact) mass is 240 g/mol. The number of nitrogens with one attached hydrogen (secondary N) is 1. The predicted molar refractivity (Wildman–Crippen MR) is 66.3 cm³/mol. The van der Waals surface area contributed by atoms with Crippen molar-refractivity contribution < 1.29 is 9.90 Å². The molecule has 0 heterocycles. The lowest BCUT2D eigenvalue weighted by Gasteiger charge is -2.35. The first-order valence-corrected chi connectivity index (χ1v) is 6.70. The van der Waals surface area contributed by atoms with Gasteiger partial charge in [0.25, 0.3) is 0 Å². The summed E-state index contributed by atoms with van der Waals surface area (Å²) in [5, 5.41) is 13.2. The van der Waals surface area contributed by atoms with Gasteiger partial charge in [-0.05, 0) is 44.4 Å². The molecule has 2 fully saturated rings. The molecular formula is C13H24N2O2. The molecule has 0 bridgehead atoms. The average Bonchev–Trinajstić information content (AvgIpc) is 3.12. The zero-order chi connectivity index (χ0) is 12.5. The first kappa shape index (κ1) is 12.8. The molecule has 0 spiro atoms. The predicted octanol–water partition coefficient (Wildman–Crippen LogP) is 0.783.